The highest BCUT2D eigenvalue weighted by Gasteiger charge is 2.17. The van der Waals surface area contributed by atoms with Crippen LogP contribution in [0.2, 0.25) is 0 Å². The van der Waals surface area contributed by atoms with Crippen molar-refractivity contribution >= 4 is 17.8 Å². The number of nitrogens with zero attached hydrogens (tertiary/aromatic N) is 6. The summed E-state index contributed by atoms with van der Waals surface area (Å²) >= 11 is 0. The van der Waals surface area contributed by atoms with E-state index in [-0.39, 0.29) is 5.95 Å². The smallest absolute Gasteiger partial charge is 0.231 e. The first-order chi connectivity index (χ1) is 8.70. The van der Waals surface area contributed by atoms with Crippen LogP contribution in [0.15, 0.2) is 0 Å². The third kappa shape index (κ3) is 2.77. The molecule has 0 radical (unpaired) electrons. The summed E-state index contributed by atoms with van der Waals surface area (Å²) in [6.07, 6.45) is 2.75. The summed E-state index contributed by atoms with van der Waals surface area (Å²) in [5.74, 6) is 1.39. The molecule has 1 saturated heterocycles. The van der Waals surface area contributed by atoms with Crippen molar-refractivity contribution in [2.75, 3.05) is 42.2 Å². The molecule has 0 atom stereocenters. The first-order valence-electron chi connectivity index (χ1n) is 6.05. The first-order valence-corrected chi connectivity index (χ1v) is 6.05. The van der Waals surface area contributed by atoms with Crippen molar-refractivity contribution in [3.05, 3.63) is 0 Å². The fourth-order valence-corrected chi connectivity index (χ4v) is 1.92. The van der Waals surface area contributed by atoms with Crippen LogP contribution >= 0.6 is 0 Å². The highest BCUT2D eigenvalue weighted by Crippen LogP contribution is 2.18. The van der Waals surface area contributed by atoms with Gasteiger partial charge in [-0.05, 0) is 12.8 Å². The van der Waals surface area contributed by atoms with E-state index in [1.165, 1.54) is 0 Å². The lowest BCUT2D eigenvalue weighted by atomic mass is 10.4. The Labute approximate surface area is 106 Å². The molecule has 96 valence electrons. The second-order valence-electron chi connectivity index (χ2n) is 4.32. The van der Waals surface area contributed by atoms with Crippen molar-refractivity contribution in [1.29, 1.82) is 5.26 Å². The Balaban J connectivity index is 2.18. The minimum absolute atomic E-state index is 0.228. The van der Waals surface area contributed by atoms with Crippen molar-refractivity contribution in [2.24, 2.45) is 0 Å². The van der Waals surface area contributed by atoms with Crippen LogP contribution in [-0.2, 0) is 0 Å². The Morgan fingerprint density at radius 2 is 2.06 bits per heavy atom. The number of hydrogen-bond donors (Lipinski definition) is 1. The highest BCUT2D eigenvalue weighted by molar-refractivity contribution is 5.43. The summed E-state index contributed by atoms with van der Waals surface area (Å²) in [7, 11) is 1.85. The lowest BCUT2D eigenvalue weighted by Gasteiger charge is -2.19. The van der Waals surface area contributed by atoms with Crippen LogP contribution in [0.4, 0.5) is 17.8 Å². The Kier molecular flexibility index (Phi) is 3.77. The number of hydrogen-bond acceptors (Lipinski definition) is 7. The number of nitrogen functional groups attached to an aromatic ring is 1. The average Bonchev–Trinajstić information content (AvgIpc) is 2.89. The Morgan fingerprint density at radius 3 is 2.72 bits per heavy atom. The first kappa shape index (κ1) is 12.4. The molecule has 0 amide bonds. The Morgan fingerprint density at radius 1 is 1.33 bits per heavy atom. The fourth-order valence-electron chi connectivity index (χ4n) is 1.92. The van der Waals surface area contributed by atoms with Crippen LogP contribution in [0.25, 0.3) is 0 Å². The minimum atomic E-state index is 0.228. The predicted molar refractivity (Wildman–Crippen MR) is 69.2 cm³/mol. The number of nitrogens with two attached hydrogens (primary N) is 1. The molecule has 2 N–H and O–H groups in total. The van der Waals surface area contributed by atoms with Gasteiger partial charge in [-0.15, -0.1) is 0 Å². The molecular weight excluding hydrogens is 230 g/mol. The van der Waals surface area contributed by atoms with Gasteiger partial charge in [0.25, 0.3) is 0 Å². The number of aromatic nitrogens is 3. The summed E-state index contributed by atoms with van der Waals surface area (Å²) in [6.45, 7) is 2.51. The number of anilines is 3. The van der Waals surface area contributed by atoms with E-state index in [9.17, 15) is 0 Å². The summed E-state index contributed by atoms with van der Waals surface area (Å²) in [5.41, 5.74) is 5.71. The van der Waals surface area contributed by atoms with E-state index in [2.05, 4.69) is 25.9 Å². The second-order valence-corrected chi connectivity index (χ2v) is 4.32. The zero-order valence-corrected chi connectivity index (χ0v) is 10.5. The summed E-state index contributed by atoms with van der Waals surface area (Å²) < 4.78 is 0. The molecule has 7 nitrogen and oxygen atoms in total. The molecule has 0 saturated carbocycles. The quantitative estimate of drug-likeness (QED) is 0.822. The molecule has 2 heterocycles. The van der Waals surface area contributed by atoms with Gasteiger partial charge in [0.2, 0.25) is 17.8 Å². The zero-order valence-electron chi connectivity index (χ0n) is 10.5. The van der Waals surface area contributed by atoms with Gasteiger partial charge in [0, 0.05) is 26.7 Å². The molecule has 1 aromatic rings. The Bertz CT molecular complexity index is 447. The van der Waals surface area contributed by atoms with Crippen molar-refractivity contribution in [3.63, 3.8) is 0 Å². The molecule has 1 fully saturated rings. The van der Waals surface area contributed by atoms with E-state index in [1.807, 2.05) is 11.9 Å². The molecule has 0 spiro atoms. The van der Waals surface area contributed by atoms with E-state index < -0.39 is 0 Å². The maximum Gasteiger partial charge on any atom is 0.231 e. The summed E-state index contributed by atoms with van der Waals surface area (Å²) in [4.78, 5) is 16.6. The van der Waals surface area contributed by atoms with Crippen molar-refractivity contribution in [2.45, 2.75) is 19.3 Å². The van der Waals surface area contributed by atoms with Gasteiger partial charge in [0.05, 0.1) is 12.5 Å². The predicted octanol–water partition coefficient (Wildman–Crippen LogP) is 0.404. The molecule has 1 aromatic heterocycles. The largest absolute Gasteiger partial charge is 0.368 e. The summed E-state index contributed by atoms with van der Waals surface area (Å²) in [6, 6.07) is 2.10. The van der Waals surface area contributed by atoms with Gasteiger partial charge >= 0.3 is 0 Å². The summed E-state index contributed by atoms with van der Waals surface area (Å²) in [5, 5.41) is 8.58. The molecule has 2 rings (SSSR count). The van der Waals surface area contributed by atoms with Gasteiger partial charge in [-0.1, -0.05) is 0 Å². The fraction of sp³-hybridized carbons (Fsp3) is 0.636. The van der Waals surface area contributed by atoms with Crippen LogP contribution in [0.3, 0.4) is 0 Å². The molecule has 0 unspecified atom stereocenters. The minimum Gasteiger partial charge on any atom is -0.368 e. The maximum absolute atomic E-state index is 8.58. The molecule has 0 aliphatic carbocycles. The normalized spacial score (nSPS) is 14.6. The molecule has 0 aromatic carbocycles. The second kappa shape index (κ2) is 5.49. The maximum atomic E-state index is 8.58. The van der Waals surface area contributed by atoms with Gasteiger partial charge in [-0.25, -0.2) is 0 Å². The monoisotopic (exact) mass is 247 g/mol. The highest BCUT2D eigenvalue weighted by atomic mass is 15.3. The molecule has 18 heavy (non-hydrogen) atoms. The van der Waals surface area contributed by atoms with Gasteiger partial charge in [-0.3, -0.25) is 0 Å². The number of nitriles is 1. The molecular formula is C11H17N7. The van der Waals surface area contributed by atoms with Crippen molar-refractivity contribution < 1.29 is 0 Å². The SMILES string of the molecule is CN(CCC#N)c1nc(N)nc(N2CCCC2)n1. The van der Waals surface area contributed by atoms with E-state index >= 15 is 0 Å². The van der Waals surface area contributed by atoms with Gasteiger partial charge in [-0.2, -0.15) is 20.2 Å². The zero-order chi connectivity index (χ0) is 13.0. The van der Waals surface area contributed by atoms with Gasteiger partial charge in [0.15, 0.2) is 0 Å². The van der Waals surface area contributed by atoms with Crippen LogP contribution in [0.5, 0.6) is 0 Å². The van der Waals surface area contributed by atoms with Crippen molar-refractivity contribution in [1.82, 2.24) is 15.0 Å². The van der Waals surface area contributed by atoms with Crippen LogP contribution < -0.4 is 15.5 Å². The van der Waals surface area contributed by atoms with Gasteiger partial charge in [0.1, 0.15) is 0 Å². The molecule has 1 aliphatic rings. The topological polar surface area (TPSA) is 95.0 Å². The standard InChI is InChI=1S/C11H17N7/c1-17(6-4-5-12)10-14-9(13)15-11(16-10)18-7-2-3-8-18/h2-4,6-8H2,1H3,(H2,13,14,15,16). The third-order valence-electron chi connectivity index (χ3n) is 2.92. The van der Waals surface area contributed by atoms with E-state index in [4.69, 9.17) is 11.0 Å². The lowest BCUT2D eigenvalue weighted by Crippen LogP contribution is -2.26. The average molecular weight is 247 g/mol. The van der Waals surface area contributed by atoms with E-state index in [0.29, 0.717) is 24.9 Å². The van der Waals surface area contributed by atoms with Crippen LogP contribution in [0, 0.1) is 11.3 Å². The lowest BCUT2D eigenvalue weighted by molar-refractivity contribution is 0.826. The van der Waals surface area contributed by atoms with Gasteiger partial charge < -0.3 is 15.5 Å². The molecule has 1 aliphatic heterocycles. The van der Waals surface area contributed by atoms with E-state index in [1.54, 1.807) is 0 Å². The molecule has 0 bridgehead atoms. The van der Waals surface area contributed by atoms with E-state index in [0.717, 1.165) is 25.9 Å². The Hall–Kier alpha value is -2.10. The molecule has 7 heteroatoms. The van der Waals surface area contributed by atoms with Crippen molar-refractivity contribution in [3.8, 4) is 6.07 Å². The van der Waals surface area contributed by atoms with Crippen LogP contribution in [-0.4, -0.2) is 41.6 Å². The third-order valence-corrected chi connectivity index (χ3v) is 2.92. The van der Waals surface area contributed by atoms with Crippen LogP contribution in [0.1, 0.15) is 19.3 Å². The number of rotatable bonds is 4.